The predicted molar refractivity (Wildman–Crippen MR) is 96.2 cm³/mol. The van der Waals surface area contributed by atoms with Gasteiger partial charge in [-0.15, -0.1) is 0 Å². The van der Waals surface area contributed by atoms with Crippen LogP contribution in [0.3, 0.4) is 0 Å². The van der Waals surface area contributed by atoms with Gasteiger partial charge in [0, 0.05) is 11.1 Å². The lowest BCUT2D eigenvalue weighted by atomic mass is 10.0. The molecule has 1 heterocycles. The average molecular weight is 315 g/mol. The molecule has 1 aromatic heterocycles. The van der Waals surface area contributed by atoms with Crippen molar-refractivity contribution in [2.24, 2.45) is 0 Å². The highest BCUT2D eigenvalue weighted by atomic mass is 16.6. The number of carbonyl (C=O) groups is 1. The van der Waals surface area contributed by atoms with E-state index < -0.39 is 5.60 Å². The lowest BCUT2D eigenvalue weighted by molar-refractivity contribution is 0.0541. The topological polar surface area (TPSA) is 31.2 Å². The highest BCUT2D eigenvalue weighted by Gasteiger charge is 2.23. The van der Waals surface area contributed by atoms with Crippen LogP contribution in [0, 0.1) is 6.92 Å². The summed E-state index contributed by atoms with van der Waals surface area (Å²) in [6, 6.07) is 8.13. The number of aryl methyl sites for hydroxylation is 1. The summed E-state index contributed by atoms with van der Waals surface area (Å²) in [6.45, 7) is 9.95. The maximum Gasteiger partial charge on any atom is 0.419 e. The van der Waals surface area contributed by atoms with Crippen LogP contribution in [0.2, 0.25) is 0 Å². The fourth-order valence-corrected chi connectivity index (χ4v) is 3.02. The zero-order valence-corrected chi connectivity index (χ0v) is 15.1. The number of unbranched alkanes of at least 4 members (excludes halogenated alkanes) is 3. The fraction of sp³-hybridized carbons (Fsp3) is 0.550. The molecule has 0 fully saturated rings. The number of benzene rings is 1. The van der Waals surface area contributed by atoms with Crippen LogP contribution in [-0.2, 0) is 11.2 Å². The molecule has 0 bridgehead atoms. The predicted octanol–water partition coefficient (Wildman–Crippen LogP) is 5.86. The van der Waals surface area contributed by atoms with Gasteiger partial charge in [0.25, 0.3) is 0 Å². The largest absolute Gasteiger partial charge is 0.443 e. The van der Waals surface area contributed by atoms with E-state index in [0.29, 0.717) is 0 Å². The molecule has 126 valence electrons. The van der Waals surface area contributed by atoms with Gasteiger partial charge in [0.15, 0.2) is 0 Å². The molecule has 0 spiro atoms. The van der Waals surface area contributed by atoms with Crippen LogP contribution < -0.4 is 0 Å². The van der Waals surface area contributed by atoms with Gasteiger partial charge in [0.2, 0.25) is 0 Å². The Kier molecular flexibility index (Phi) is 5.51. The van der Waals surface area contributed by atoms with E-state index in [1.54, 1.807) is 4.57 Å². The van der Waals surface area contributed by atoms with Crippen LogP contribution in [0.5, 0.6) is 0 Å². The Bertz CT molecular complexity index is 677. The summed E-state index contributed by atoms with van der Waals surface area (Å²) in [5.41, 5.74) is 2.75. The molecule has 0 N–H and O–H groups in total. The molecule has 0 saturated heterocycles. The number of hydrogen-bond acceptors (Lipinski definition) is 2. The van der Waals surface area contributed by atoms with Crippen LogP contribution in [0.4, 0.5) is 4.79 Å². The summed E-state index contributed by atoms with van der Waals surface area (Å²) in [7, 11) is 0. The summed E-state index contributed by atoms with van der Waals surface area (Å²) >= 11 is 0. The number of aromatic nitrogens is 1. The Morgan fingerprint density at radius 1 is 1.13 bits per heavy atom. The first kappa shape index (κ1) is 17.6. The van der Waals surface area contributed by atoms with Gasteiger partial charge in [0.05, 0.1) is 5.52 Å². The van der Waals surface area contributed by atoms with Crippen molar-refractivity contribution in [2.75, 3.05) is 0 Å². The van der Waals surface area contributed by atoms with E-state index in [2.05, 4.69) is 13.0 Å². The SMILES string of the molecule is CCCCCCc1c(C)n(C(=O)OC(C)(C)C)c2ccccc12. The molecule has 0 amide bonds. The summed E-state index contributed by atoms with van der Waals surface area (Å²) in [5.74, 6) is 0. The third-order valence-electron chi connectivity index (χ3n) is 4.10. The van der Waals surface area contributed by atoms with Crippen LogP contribution >= 0.6 is 0 Å². The molecule has 2 aromatic rings. The molecular weight excluding hydrogens is 286 g/mol. The Labute approximate surface area is 139 Å². The van der Waals surface area contributed by atoms with E-state index >= 15 is 0 Å². The van der Waals surface area contributed by atoms with Crippen molar-refractivity contribution in [3.8, 4) is 0 Å². The lowest BCUT2D eigenvalue weighted by Crippen LogP contribution is -2.27. The minimum Gasteiger partial charge on any atom is -0.443 e. The Balaban J connectivity index is 2.37. The van der Waals surface area contributed by atoms with Crippen molar-refractivity contribution in [3.63, 3.8) is 0 Å². The van der Waals surface area contributed by atoms with Crippen molar-refractivity contribution in [1.29, 1.82) is 0 Å². The summed E-state index contributed by atoms with van der Waals surface area (Å²) < 4.78 is 7.32. The van der Waals surface area contributed by atoms with E-state index in [9.17, 15) is 4.79 Å². The van der Waals surface area contributed by atoms with Gasteiger partial charge in [-0.2, -0.15) is 0 Å². The summed E-state index contributed by atoms with van der Waals surface area (Å²) in [5, 5.41) is 1.17. The van der Waals surface area contributed by atoms with Crippen LogP contribution in [0.25, 0.3) is 10.9 Å². The van der Waals surface area contributed by atoms with Gasteiger partial charge in [0.1, 0.15) is 5.60 Å². The molecule has 0 aliphatic carbocycles. The van der Waals surface area contributed by atoms with Gasteiger partial charge < -0.3 is 4.74 Å². The molecule has 0 saturated carbocycles. The van der Waals surface area contributed by atoms with Crippen molar-refractivity contribution in [1.82, 2.24) is 4.57 Å². The number of rotatable bonds is 5. The quantitative estimate of drug-likeness (QED) is 0.647. The molecular formula is C20H29NO2. The van der Waals surface area contributed by atoms with Crippen molar-refractivity contribution < 1.29 is 9.53 Å². The van der Waals surface area contributed by atoms with E-state index in [4.69, 9.17) is 4.74 Å². The van der Waals surface area contributed by atoms with E-state index in [0.717, 1.165) is 24.1 Å². The van der Waals surface area contributed by atoms with E-state index in [1.165, 1.54) is 30.2 Å². The molecule has 1 aromatic carbocycles. The van der Waals surface area contributed by atoms with E-state index in [1.807, 2.05) is 45.9 Å². The molecule has 3 nitrogen and oxygen atoms in total. The average Bonchev–Trinajstić information content (AvgIpc) is 2.74. The van der Waals surface area contributed by atoms with Gasteiger partial charge in [-0.25, -0.2) is 9.36 Å². The second-order valence-electron chi connectivity index (χ2n) is 7.21. The highest BCUT2D eigenvalue weighted by molar-refractivity contribution is 5.93. The van der Waals surface area contributed by atoms with Gasteiger partial charge in [-0.3, -0.25) is 0 Å². The molecule has 3 heteroatoms. The molecule has 0 radical (unpaired) electrons. The molecule has 0 atom stereocenters. The Hall–Kier alpha value is -1.77. The minimum absolute atomic E-state index is 0.286. The first-order valence-corrected chi connectivity index (χ1v) is 8.67. The Morgan fingerprint density at radius 3 is 2.48 bits per heavy atom. The second kappa shape index (κ2) is 7.20. The smallest absolute Gasteiger partial charge is 0.419 e. The fourth-order valence-electron chi connectivity index (χ4n) is 3.02. The molecule has 0 unspecified atom stereocenters. The van der Waals surface area contributed by atoms with Crippen molar-refractivity contribution in [2.45, 2.75) is 72.3 Å². The zero-order chi connectivity index (χ0) is 17.0. The molecule has 23 heavy (non-hydrogen) atoms. The highest BCUT2D eigenvalue weighted by Crippen LogP contribution is 2.28. The van der Waals surface area contributed by atoms with Crippen LogP contribution in [0.15, 0.2) is 24.3 Å². The van der Waals surface area contributed by atoms with Crippen molar-refractivity contribution >= 4 is 17.0 Å². The Morgan fingerprint density at radius 2 is 1.83 bits per heavy atom. The third kappa shape index (κ3) is 4.15. The lowest BCUT2D eigenvalue weighted by Gasteiger charge is -2.20. The minimum atomic E-state index is -0.490. The first-order valence-electron chi connectivity index (χ1n) is 8.67. The molecule has 0 aliphatic heterocycles. The number of nitrogens with zero attached hydrogens (tertiary/aromatic N) is 1. The molecule has 0 aliphatic rings. The third-order valence-corrected chi connectivity index (χ3v) is 4.10. The van der Waals surface area contributed by atoms with Crippen molar-refractivity contribution in [3.05, 3.63) is 35.5 Å². The normalized spacial score (nSPS) is 11.9. The van der Waals surface area contributed by atoms with Crippen LogP contribution in [-0.4, -0.2) is 16.3 Å². The molecule has 2 rings (SSSR count). The number of carbonyl (C=O) groups excluding carboxylic acids is 1. The number of fused-ring (bicyclic) bond motifs is 1. The van der Waals surface area contributed by atoms with E-state index in [-0.39, 0.29) is 6.09 Å². The summed E-state index contributed by atoms with van der Waals surface area (Å²) in [6.07, 6.45) is 5.63. The zero-order valence-electron chi connectivity index (χ0n) is 15.1. The van der Waals surface area contributed by atoms with Crippen LogP contribution in [0.1, 0.15) is 64.6 Å². The number of para-hydroxylation sites is 1. The summed E-state index contributed by atoms with van der Waals surface area (Å²) in [4.78, 5) is 12.6. The van der Waals surface area contributed by atoms with Gasteiger partial charge in [-0.1, -0.05) is 44.4 Å². The first-order chi connectivity index (χ1) is 10.8. The maximum atomic E-state index is 12.6. The van der Waals surface area contributed by atoms with Gasteiger partial charge >= 0.3 is 6.09 Å². The monoisotopic (exact) mass is 315 g/mol. The second-order valence-corrected chi connectivity index (χ2v) is 7.21. The van der Waals surface area contributed by atoms with Gasteiger partial charge in [-0.05, 0) is 52.2 Å². The maximum absolute atomic E-state index is 12.6. The number of hydrogen-bond donors (Lipinski definition) is 0. The number of ether oxygens (including phenoxy) is 1. The standard InChI is InChI=1S/C20H29NO2/c1-6-7-8-9-12-16-15(2)21(19(22)23-20(3,4)5)18-14-11-10-13-17(16)18/h10-11,13-14H,6-9,12H2,1-5H3.